The van der Waals surface area contributed by atoms with Crippen molar-refractivity contribution in [3.05, 3.63) is 59.7 Å². The number of hydrogen-bond donors (Lipinski definition) is 3. The van der Waals surface area contributed by atoms with Crippen LogP contribution in [0, 0.1) is 0 Å². The molecular formula is C17H15N3O5. The largest absolute Gasteiger partial charge is 0.465 e. The Morgan fingerprint density at radius 1 is 0.880 bits per heavy atom. The van der Waals surface area contributed by atoms with Crippen molar-refractivity contribution in [2.75, 3.05) is 18.2 Å². The molecule has 3 amide bonds. The quantitative estimate of drug-likeness (QED) is 0.433. The van der Waals surface area contributed by atoms with Gasteiger partial charge in [-0.1, -0.05) is 24.3 Å². The van der Waals surface area contributed by atoms with E-state index in [9.17, 15) is 19.2 Å². The van der Waals surface area contributed by atoms with E-state index in [4.69, 9.17) is 5.73 Å². The van der Waals surface area contributed by atoms with E-state index in [0.717, 1.165) is 0 Å². The molecule has 0 aliphatic carbocycles. The molecule has 0 atom stereocenters. The molecule has 0 aliphatic heterocycles. The summed E-state index contributed by atoms with van der Waals surface area (Å²) in [6, 6.07) is 12.1. The number of para-hydroxylation sites is 2. The van der Waals surface area contributed by atoms with E-state index in [-0.39, 0.29) is 22.5 Å². The number of nitrogens with two attached hydrogens (primary N) is 1. The second kappa shape index (κ2) is 7.73. The molecule has 8 heteroatoms. The van der Waals surface area contributed by atoms with Crippen LogP contribution in [0.25, 0.3) is 0 Å². The minimum atomic E-state index is -1.19. The van der Waals surface area contributed by atoms with Crippen LogP contribution in [-0.2, 0) is 14.3 Å². The number of hydrogen-bond acceptors (Lipinski definition) is 6. The van der Waals surface area contributed by atoms with Crippen molar-refractivity contribution in [1.29, 1.82) is 0 Å². The summed E-state index contributed by atoms with van der Waals surface area (Å²) in [5, 5.41) is 4.20. The maximum absolute atomic E-state index is 12.0. The first-order chi connectivity index (χ1) is 11.9. The molecule has 0 fully saturated rings. The third-order valence-electron chi connectivity index (χ3n) is 3.22. The summed E-state index contributed by atoms with van der Waals surface area (Å²) in [5.41, 5.74) is 6.04. The van der Waals surface area contributed by atoms with Crippen LogP contribution in [0.15, 0.2) is 48.5 Å². The highest BCUT2D eigenvalue weighted by Crippen LogP contribution is 2.16. The molecule has 8 nitrogen and oxygen atoms in total. The lowest BCUT2D eigenvalue weighted by Gasteiger charge is -2.10. The number of imide groups is 1. The van der Waals surface area contributed by atoms with Crippen molar-refractivity contribution in [2.24, 2.45) is 0 Å². The first-order valence-electron chi connectivity index (χ1n) is 7.12. The van der Waals surface area contributed by atoms with Crippen molar-refractivity contribution in [1.82, 2.24) is 5.32 Å². The predicted molar refractivity (Wildman–Crippen MR) is 89.7 cm³/mol. The van der Waals surface area contributed by atoms with Gasteiger partial charge in [-0.05, 0) is 24.3 Å². The summed E-state index contributed by atoms with van der Waals surface area (Å²) in [7, 11) is 1.19. The molecule has 128 valence electrons. The fraction of sp³-hybridized carbons (Fsp3) is 0.0588. The van der Waals surface area contributed by atoms with Crippen LogP contribution >= 0.6 is 0 Å². The van der Waals surface area contributed by atoms with E-state index >= 15 is 0 Å². The standard InChI is InChI=1S/C17H15N3O5/c1-25-17(24)11-7-3-5-9-13(11)19-15(22)16(23)20-14(21)10-6-2-4-8-12(10)18/h2-9H,18H2,1H3,(H,19,22)(H,20,21,23). The van der Waals surface area contributed by atoms with Crippen LogP contribution in [0.5, 0.6) is 0 Å². The zero-order valence-electron chi connectivity index (χ0n) is 13.2. The number of nitrogen functional groups attached to an aromatic ring is 1. The van der Waals surface area contributed by atoms with Crippen molar-refractivity contribution in [3.8, 4) is 0 Å². The number of carbonyl (C=O) groups excluding carboxylic acids is 4. The van der Waals surface area contributed by atoms with Gasteiger partial charge in [-0.3, -0.25) is 19.7 Å². The highest BCUT2D eigenvalue weighted by atomic mass is 16.5. The molecule has 2 aromatic rings. The molecule has 0 saturated carbocycles. The number of esters is 1. The Labute approximate surface area is 143 Å². The number of amides is 3. The van der Waals surface area contributed by atoms with Gasteiger partial charge in [0.05, 0.1) is 23.9 Å². The number of methoxy groups -OCH3 is 1. The first-order valence-corrected chi connectivity index (χ1v) is 7.12. The van der Waals surface area contributed by atoms with Crippen LogP contribution < -0.4 is 16.4 Å². The third kappa shape index (κ3) is 4.20. The maximum Gasteiger partial charge on any atom is 0.339 e. The fourth-order valence-electron chi connectivity index (χ4n) is 1.99. The summed E-state index contributed by atoms with van der Waals surface area (Å²) in [6.45, 7) is 0. The molecule has 0 unspecified atom stereocenters. The van der Waals surface area contributed by atoms with Crippen LogP contribution in [0.4, 0.5) is 11.4 Å². The van der Waals surface area contributed by atoms with Gasteiger partial charge in [0, 0.05) is 5.69 Å². The van der Waals surface area contributed by atoms with Gasteiger partial charge in [0.15, 0.2) is 0 Å². The van der Waals surface area contributed by atoms with E-state index in [1.165, 1.54) is 31.4 Å². The van der Waals surface area contributed by atoms with E-state index in [1.54, 1.807) is 24.3 Å². The number of ether oxygens (including phenoxy) is 1. The Balaban J connectivity index is 2.09. The monoisotopic (exact) mass is 341 g/mol. The predicted octanol–water partition coefficient (Wildman–Crippen LogP) is 0.950. The van der Waals surface area contributed by atoms with Gasteiger partial charge in [-0.15, -0.1) is 0 Å². The van der Waals surface area contributed by atoms with E-state index < -0.39 is 23.7 Å². The molecule has 0 aromatic heterocycles. The van der Waals surface area contributed by atoms with E-state index in [1.807, 2.05) is 5.32 Å². The number of nitrogens with one attached hydrogen (secondary N) is 2. The number of rotatable bonds is 3. The molecule has 2 aromatic carbocycles. The molecule has 0 aliphatic rings. The number of carbonyl (C=O) groups is 4. The third-order valence-corrected chi connectivity index (χ3v) is 3.22. The Hall–Kier alpha value is -3.68. The van der Waals surface area contributed by atoms with Crippen molar-refractivity contribution >= 4 is 35.1 Å². The van der Waals surface area contributed by atoms with Crippen molar-refractivity contribution < 1.29 is 23.9 Å². The van der Waals surface area contributed by atoms with E-state index in [0.29, 0.717) is 0 Å². The molecule has 0 spiro atoms. The zero-order chi connectivity index (χ0) is 18.4. The minimum Gasteiger partial charge on any atom is -0.465 e. The molecule has 0 heterocycles. The van der Waals surface area contributed by atoms with Gasteiger partial charge in [0.2, 0.25) is 0 Å². The lowest BCUT2D eigenvalue weighted by atomic mass is 10.1. The van der Waals surface area contributed by atoms with Crippen LogP contribution in [0.3, 0.4) is 0 Å². The SMILES string of the molecule is COC(=O)c1ccccc1NC(=O)C(=O)NC(=O)c1ccccc1N. The Morgan fingerprint density at radius 2 is 1.48 bits per heavy atom. The van der Waals surface area contributed by atoms with Gasteiger partial charge in [0.1, 0.15) is 0 Å². The van der Waals surface area contributed by atoms with Crippen LogP contribution in [-0.4, -0.2) is 30.8 Å². The highest BCUT2D eigenvalue weighted by molar-refractivity contribution is 6.42. The Morgan fingerprint density at radius 3 is 2.12 bits per heavy atom. The molecule has 25 heavy (non-hydrogen) atoms. The summed E-state index contributed by atoms with van der Waals surface area (Å²) in [5.74, 6) is -3.78. The highest BCUT2D eigenvalue weighted by Gasteiger charge is 2.21. The molecule has 4 N–H and O–H groups in total. The topological polar surface area (TPSA) is 128 Å². The summed E-state index contributed by atoms with van der Waals surface area (Å²) in [6.07, 6.45) is 0. The second-order valence-electron chi connectivity index (χ2n) is 4.86. The van der Waals surface area contributed by atoms with Crippen molar-refractivity contribution in [2.45, 2.75) is 0 Å². The molecule has 2 rings (SSSR count). The van der Waals surface area contributed by atoms with E-state index in [2.05, 4.69) is 10.1 Å². The minimum absolute atomic E-state index is 0.0682. The smallest absolute Gasteiger partial charge is 0.339 e. The zero-order valence-corrected chi connectivity index (χ0v) is 13.2. The molecular weight excluding hydrogens is 326 g/mol. The Bertz CT molecular complexity index is 848. The fourth-order valence-corrected chi connectivity index (χ4v) is 1.99. The molecule has 0 saturated heterocycles. The summed E-state index contributed by atoms with van der Waals surface area (Å²) < 4.78 is 4.60. The van der Waals surface area contributed by atoms with Gasteiger partial charge >= 0.3 is 17.8 Å². The second-order valence-corrected chi connectivity index (χ2v) is 4.86. The van der Waals surface area contributed by atoms with Crippen LogP contribution in [0.2, 0.25) is 0 Å². The maximum atomic E-state index is 12.0. The average molecular weight is 341 g/mol. The average Bonchev–Trinajstić information content (AvgIpc) is 2.61. The normalized spacial score (nSPS) is 9.80. The number of benzene rings is 2. The van der Waals surface area contributed by atoms with Gasteiger partial charge in [-0.2, -0.15) is 0 Å². The molecule has 0 bridgehead atoms. The first kappa shape index (κ1) is 17.7. The van der Waals surface area contributed by atoms with Gasteiger partial charge in [0.25, 0.3) is 5.91 Å². The van der Waals surface area contributed by atoms with Gasteiger partial charge < -0.3 is 15.8 Å². The van der Waals surface area contributed by atoms with Gasteiger partial charge in [-0.25, -0.2) is 4.79 Å². The lowest BCUT2D eigenvalue weighted by Crippen LogP contribution is -2.39. The summed E-state index contributed by atoms with van der Waals surface area (Å²) >= 11 is 0. The Kier molecular flexibility index (Phi) is 5.47. The number of anilines is 2. The van der Waals surface area contributed by atoms with Crippen molar-refractivity contribution in [3.63, 3.8) is 0 Å². The lowest BCUT2D eigenvalue weighted by molar-refractivity contribution is -0.135. The molecule has 0 radical (unpaired) electrons. The summed E-state index contributed by atoms with van der Waals surface area (Å²) in [4.78, 5) is 47.5. The van der Waals surface area contributed by atoms with Crippen LogP contribution in [0.1, 0.15) is 20.7 Å².